The Hall–Kier alpha value is -2.90. The van der Waals surface area contributed by atoms with Crippen molar-refractivity contribution in [3.63, 3.8) is 0 Å². The van der Waals surface area contributed by atoms with Gasteiger partial charge in [-0.3, -0.25) is 4.79 Å². The Morgan fingerprint density at radius 2 is 1.94 bits per heavy atom. The molecule has 0 radical (unpaired) electrons. The molecule has 3 aromatic rings. The fourth-order valence-electron chi connectivity index (χ4n) is 4.28. The first-order valence-electron chi connectivity index (χ1n) is 10.4. The highest BCUT2D eigenvalue weighted by molar-refractivity contribution is 7.89. The lowest BCUT2D eigenvalue weighted by atomic mass is 10.1. The predicted octanol–water partition coefficient (Wildman–Crippen LogP) is 3.62. The summed E-state index contributed by atoms with van der Waals surface area (Å²) in [4.78, 5) is 13.9. The smallest absolute Gasteiger partial charge is 0.240 e. The first-order valence-corrected chi connectivity index (χ1v) is 11.8. The molecule has 162 valence electrons. The number of aromatic nitrogens is 1. The Bertz CT molecular complexity index is 1230. The highest BCUT2D eigenvalue weighted by Crippen LogP contribution is 2.33. The van der Waals surface area contributed by atoms with Crippen molar-refractivity contribution in [1.82, 2.24) is 9.29 Å². The maximum atomic E-state index is 12.9. The quantitative estimate of drug-likeness (QED) is 0.640. The van der Waals surface area contributed by atoms with Crippen LogP contribution in [-0.2, 0) is 34.3 Å². The lowest BCUT2D eigenvalue weighted by Crippen LogP contribution is -2.33. The molecule has 1 aliphatic rings. The van der Waals surface area contributed by atoms with E-state index in [9.17, 15) is 13.2 Å². The van der Waals surface area contributed by atoms with Crippen LogP contribution < -0.4 is 9.62 Å². The summed E-state index contributed by atoms with van der Waals surface area (Å²) in [7, 11) is -3.68. The van der Waals surface area contributed by atoms with E-state index in [2.05, 4.69) is 29.8 Å². The van der Waals surface area contributed by atoms with Crippen molar-refractivity contribution < 1.29 is 13.2 Å². The van der Waals surface area contributed by atoms with E-state index >= 15 is 0 Å². The second kappa shape index (κ2) is 8.32. The molecule has 4 rings (SSSR count). The minimum Gasteiger partial charge on any atom is -0.346 e. The van der Waals surface area contributed by atoms with E-state index in [1.54, 1.807) is 23.1 Å². The Morgan fingerprint density at radius 3 is 2.68 bits per heavy atom. The average molecular weight is 438 g/mol. The summed E-state index contributed by atoms with van der Waals surface area (Å²) in [6.45, 7) is 6.44. The number of hydrogen-bond donors (Lipinski definition) is 1. The SMILES string of the molecule is CC(=O)N1c2ccc(S(=O)(=O)NCc3cccn3Cc3cccc(C)c3)cc2C[C@@H]1C. The number of carbonyl (C=O) groups excluding carboxylic acids is 1. The van der Waals surface area contributed by atoms with E-state index in [-0.39, 0.29) is 23.4 Å². The van der Waals surface area contributed by atoms with Crippen molar-refractivity contribution in [2.24, 2.45) is 0 Å². The third kappa shape index (κ3) is 4.43. The molecule has 0 saturated carbocycles. The zero-order chi connectivity index (χ0) is 22.2. The molecule has 31 heavy (non-hydrogen) atoms. The third-order valence-corrected chi connectivity index (χ3v) is 7.12. The number of nitrogens with one attached hydrogen (secondary N) is 1. The van der Waals surface area contributed by atoms with Gasteiger partial charge in [0.15, 0.2) is 0 Å². The van der Waals surface area contributed by atoms with Crippen LogP contribution >= 0.6 is 0 Å². The molecule has 0 fully saturated rings. The van der Waals surface area contributed by atoms with Crippen LogP contribution in [0.15, 0.2) is 65.7 Å². The van der Waals surface area contributed by atoms with Gasteiger partial charge in [0.05, 0.1) is 11.4 Å². The number of anilines is 1. The van der Waals surface area contributed by atoms with E-state index in [0.29, 0.717) is 13.0 Å². The van der Waals surface area contributed by atoms with E-state index in [0.717, 1.165) is 16.9 Å². The number of carbonyl (C=O) groups is 1. The molecule has 1 amide bonds. The minimum absolute atomic E-state index is 0.0308. The largest absolute Gasteiger partial charge is 0.346 e. The lowest BCUT2D eigenvalue weighted by molar-refractivity contribution is -0.116. The van der Waals surface area contributed by atoms with Crippen LogP contribution in [0.3, 0.4) is 0 Å². The highest BCUT2D eigenvalue weighted by atomic mass is 32.2. The number of fused-ring (bicyclic) bond motifs is 1. The predicted molar refractivity (Wildman–Crippen MR) is 122 cm³/mol. The second-order valence-electron chi connectivity index (χ2n) is 8.17. The van der Waals surface area contributed by atoms with Gasteiger partial charge in [-0.25, -0.2) is 13.1 Å². The summed E-state index contributed by atoms with van der Waals surface area (Å²) in [5.41, 5.74) is 4.94. The molecule has 7 heteroatoms. The Kier molecular flexibility index (Phi) is 5.73. The molecule has 1 N–H and O–H groups in total. The highest BCUT2D eigenvalue weighted by Gasteiger charge is 2.30. The van der Waals surface area contributed by atoms with E-state index < -0.39 is 10.0 Å². The fourth-order valence-corrected chi connectivity index (χ4v) is 5.33. The molecule has 0 bridgehead atoms. The summed E-state index contributed by atoms with van der Waals surface area (Å²) in [6.07, 6.45) is 2.61. The molecule has 0 saturated heterocycles. The normalized spacial score (nSPS) is 15.8. The van der Waals surface area contributed by atoms with Gasteiger partial charge in [-0.1, -0.05) is 29.8 Å². The number of rotatable bonds is 6. The van der Waals surface area contributed by atoms with E-state index in [4.69, 9.17) is 0 Å². The average Bonchev–Trinajstić information content (AvgIpc) is 3.28. The number of aryl methyl sites for hydroxylation is 1. The Labute approximate surface area is 183 Å². The van der Waals surface area contributed by atoms with E-state index in [1.165, 1.54) is 18.1 Å². The van der Waals surface area contributed by atoms with Crippen molar-refractivity contribution in [2.75, 3.05) is 4.90 Å². The van der Waals surface area contributed by atoms with Crippen LogP contribution in [-0.4, -0.2) is 24.9 Å². The van der Waals surface area contributed by atoms with Gasteiger partial charge < -0.3 is 9.47 Å². The van der Waals surface area contributed by atoms with Crippen LogP contribution in [0.25, 0.3) is 0 Å². The summed E-state index contributed by atoms with van der Waals surface area (Å²) in [6, 6.07) is 17.1. The van der Waals surface area contributed by atoms with Crippen molar-refractivity contribution in [3.8, 4) is 0 Å². The molecular formula is C24H27N3O3S. The Morgan fingerprint density at radius 1 is 1.13 bits per heavy atom. The molecule has 2 heterocycles. The molecule has 2 aromatic carbocycles. The number of hydrogen-bond acceptors (Lipinski definition) is 3. The topological polar surface area (TPSA) is 71.4 Å². The molecular weight excluding hydrogens is 410 g/mol. The molecule has 1 aliphatic heterocycles. The van der Waals surface area contributed by atoms with Crippen molar-refractivity contribution in [1.29, 1.82) is 0 Å². The standard InChI is InChI=1S/C24H27N3O3S/c1-17-6-4-7-20(12-17)16-26-11-5-8-22(26)15-25-31(29,30)23-9-10-24-21(14-23)13-18(2)27(24)19(3)28/h4-12,14,18,25H,13,15-16H2,1-3H3/t18-/m0/s1. The summed E-state index contributed by atoms with van der Waals surface area (Å²) in [5, 5.41) is 0. The molecule has 0 unspecified atom stereocenters. The van der Waals surface area contributed by atoms with Crippen LogP contribution in [0.5, 0.6) is 0 Å². The third-order valence-electron chi connectivity index (χ3n) is 5.72. The summed E-state index contributed by atoms with van der Waals surface area (Å²) < 4.78 is 30.6. The fraction of sp³-hybridized carbons (Fsp3) is 0.292. The number of benzene rings is 2. The Balaban J connectivity index is 1.49. The molecule has 6 nitrogen and oxygen atoms in total. The molecule has 1 aromatic heterocycles. The lowest BCUT2D eigenvalue weighted by Gasteiger charge is -2.20. The van der Waals surface area contributed by atoms with Gasteiger partial charge in [-0.2, -0.15) is 0 Å². The zero-order valence-electron chi connectivity index (χ0n) is 18.0. The van der Waals surface area contributed by atoms with Gasteiger partial charge in [0.2, 0.25) is 15.9 Å². The molecule has 0 aliphatic carbocycles. The van der Waals surface area contributed by atoms with Crippen molar-refractivity contribution in [3.05, 3.63) is 83.2 Å². The summed E-state index contributed by atoms with van der Waals surface area (Å²) >= 11 is 0. The van der Waals surface area contributed by atoms with Gasteiger partial charge in [0, 0.05) is 37.1 Å². The van der Waals surface area contributed by atoms with Crippen molar-refractivity contribution in [2.45, 2.75) is 51.2 Å². The molecule has 0 spiro atoms. The van der Waals surface area contributed by atoms with Crippen LogP contribution in [0.2, 0.25) is 0 Å². The minimum atomic E-state index is -3.68. The van der Waals surface area contributed by atoms with Gasteiger partial charge in [-0.15, -0.1) is 0 Å². The van der Waals surface area contributed by atoms with Crippen LogP contribution in [0, 0.1) is 6.92 Å². The summed E-state index contributed by atoms with van der Waals surface area (Å²) in [5.74, 6) is -0.0330. The van der Waals surface area contributed by atoms with E-state index in [1.807, 2.05) is 35.9 Å². The second-order valence-corrected chi connectivity index (χ2v) is 9.94. The molecule has 1 atom stereocenters. The van der Waals surface area contributed by atoms with Crippen molar-refractivity contribution >= 4 is 21.6 Å². The maximum Gasteiger partial charge on any atom is 0.240 e. The first-order chi connectivity index (χ1) is 14.7. The van der Waals surface area contributed by atoms with Crippen LogP contribution in [0.4, 0.5) is 5.69 Å². The van der Waals surface area contributed by atoms with Crippen LogP contribution in [0.1, 0.15) is 36.2 Å². The van der Waals surface area contributed by atoms with Gasteiger partial charge in [0.25, 0.3) is 0 Å². The monoisotopic (exact) mass is 437 g/mol. The maximum absolute atomic E-state index is 12.9. The van der Waals surface area contributed by atoms with Gasteiger partial charge in [-0.05, 0) is 61.7 Å². The van der Waals surface area contributed by atoms with Gasteiger partial charge >= 0.3 is 0 Å². The van der Waals surface area contributed by atoms with Gasteiger partial charge in [0.1, 0.15) is 0 Å². The number of nitrogens with zero attached hydrogens (tertiary/aromatic N) is 2. The zero-order valence-corrected chi connectivity index (χ0v) is 18.8. The number of amides is 1. The number of sulfonamides is 1. The first kappa shape index (κ1) is 21.3.